The van der Waals surface area contributed by atoms with Gasteiger partial charge in [-0.2, -0.15) is 5.10 Å². The molecule has 5 heteroatoms. The van der Waals surface area contributed by atoms with E-state index in [2.05, 4.69) is 10.5 Å². The lowest BCUT2D eigenvalue weighted by Gasteiger charge is -2.04. The summed E-state index contributed by atoms with van der Waals surface area (Å²) < 4.78 is 0.704. The predicted molar refractivity (Wildman–Crippen MR) is 84.9 cm³/mol. The highest BCUT2D eigenvalue weighted by molar-refractivity contribution is 7.18. The number of carbonyl (C=O) groups is 1. The van der Waals surface area contributed by atoms with Crippen LogP contribution in [0.15, 0.2) is 35.4 Å². The van der Waals surface area contributed by atoms with Gasteiger partial charge in [0, 0.05) is 5.56 Å². The number of nitrogens with zero attached hydrogens (tertiary/aromatic N) is 1. The fourth-order valence-electron chi connectivity index (χ4n) is 1.65. The number of hydrogen-bond donors (Lipinski definition) is 1. The molecule has 20 heavy (non-hydrogen) atoms. The average molecular weight is 307 g/mol. The van der Waals surface area contributed by atoms with E-state index in [-0.39, 0.29) is 5.91 Å². The first-order valence-electron chi connectivity index (χ1n) is 6.15. The number of hydrazone groups is 1. The maximum absolute atomic E-state index is 12.0. The van der Waals surface area contributed by atoms with Gasteiger partial charge in [0.15, 0.2) is 0 Å². The highest BCUT2D eigenvalue weighted by Gasteiger charge is 2.07. The number of halogens is 1. The molecular weight excluding hydrogens is 292 g/mol. The summed E-state index contributed by atoms with van der Waals surface area (Å²) in [4.78, 5) is 12.9. The molecule has 1 aromatic carbocycles. The van der Waals surface area contributed by atoms with E-state index in [1.54, 1.807) is 6.07 Å². The van der Waals surface area contributed by atoms with E-state index in [0.29, 0.717) is 9.90 Å². The van der Waals surface area contributed by atoms with Gasteiger partial charge >= 0.3 is 0 Å². The molecule has 0 atom stereocenters. The van der Waals surface area contributed by atoms with Crippen LogP contribution in [-0.4, -0.2) is 11.6 Å². The predicted octanol–water partition coefficient (Wildman–Crippen LogP) is 4.17. The number of aryl methyl sites for hydroxylation is 2. The molecule has 0 aliphatic rings. The lowest BCUT2D eigenvalue weighted by molar-refractivity contribution is 0.0955. The molecule has 0 aliphatic heterocycles. The van der Waals surface area contributed by atoms with Crippen LogP contribution in [0.2, 0.25) is 4.34 Å². The molecule has 104 valence electrons. The molecule has 0 saturated heterocycles. The number of hydrogen-bond acceptors (Lipinski definition) is 3. The molecule has 1 aromatic heterocycles. The lowest BCUT2D eigenvalue weighted by Crippen LogP contribution is -2.19. The summed E-state index contributed by atoms with van der Waals surface area (Å²) in [7, 11) is 0. The van der Waals surface area contributed by atoms with E-state index in [0.717, 1.165) is 21.7 Å². The summed E-state index contributed by atoms with van der Waals surface area (Å²) in [5, 5.41) is 4.11. The molecule has 1 N–H and O–H groups in total. The van der Waals surface area contributed by atoms with Gasteiger partial charge in [-0.25, -0.2) is 5.43 Å². The second kappa shape index (κ2) is 6.20. The fourth-order valence-corrected chi connectivity index (χ4v) is 2.63. The van der Waals surface area contributed by atoms with E-state index < -0.39 is 0 Å². The molecule has 3 nitrogen and oxygen atoms in total. The molecule has 1 amide bonds. The van der Waals surface area contributed by atoms with Crippen LogP contribution in [-0.2, 0) is 0 Å². The number of carbonyl (C=O) groups excluding carboxylic acids is 1. The quantitative estimate of drug-likeness (QED) is 0.671. The number of nitrogens with one attached hydrogen (secondary N) is 1. The van der Waals surface area contributed by atoms with Gasteiger partial charge in [-0.3, -0.25) is 4.79 Å². The highest BCUT2D eigenvalue weighted by Crippen LogP contribution is 2.21. The Morgan fingerprint density at radius 3 is 2.55 bits per heavy atom. The van der Waals surface area contributed by atoms with Crippen molar-refractivity contribution in [2.75, 3.05) is 0 Å². The Morgan fingerprint density at radius 2 is 1.95 bits per heavy atom. The molecule has 2 rings (SSSR count). The van der Waals surface area contributed by atoms with E-state index in [1.165, 1.54) is 11.3 Å². The third-order valence-electron chi connectivity index (χ3n) is 3.02. The summed E-state index contributed by atoms with van der Waals surface area (Å²) >= 11 is 7.30. The van der Waals surface area contributed by atoms with Crippen LogP contribution in [0.25, 0.3) is 0 Å². The van der Waals surface area contributed by atoms with Crippen LogP contribution >= 0.6 is 22.9 Å². The van der Waals surface area contributed by atoms with E-state index in [9.17, 15) is 4.79 Å². The maximum Gasteiger partial charge on any atom is 0.271 e. The maximum atomic E-state index is 12.0. The topological polar surface area (TPSA) is 41.5 Å². The minimum atomic E-state index is -0.213. The van der Waals surface area contributed by atoms with Crippen LogP contribution in [0.3, 0.4) is 0 Å². The van der Waals surface area contributed by atoms with Gasteiger partial charge in [-0.05, 0) is 56.2 Å². The highest BCUT2D eigenvalue weighted by atomic mass is 35.5. The van der Waals surface area contributed by atoms with Gasteiger partial charge in [-0.1, -0.05) is 17.7 Å². The average Bonchev–Trinajstić information content (AvgIpc) is 2.85. The van der Waals surface area contributed by atoms with Crippen molar-refractivity contribution in [1.82, 2.24) is 5.43 Å². The van der Waals surface area contributed by atoms with Crippen molar-refractivity contribution in [3.8, 4) is 0 Å². The summed E-state index contributed by atoms with van der Waals surface area (Å²) in [6, 6.07) is 9.28. The van der Waals surface area contributed by atoms with Gasteiger partial charge in [0.05, 0.1) is 14.9 Å². The second-order valence-corrected chi connectivity index (χ2v) is 6.26. The van der Waals surface area contributed by atoms with Gasteiger partial charge in [0.2, 0.25) is 0 Å². The van der Waals surface area contributed by atoms with Crippen LogP contribution in [0.1, 0.15) is 33.3 Å². The Balaban J connectivity index is 2.09. The molecule has 1 heterocycles. The zero-order chi connectivity index (χ0) is 14.7. The molecule has 2 aromatic rings. The molecule has 0 fully saturated rings. The van der Waals surface area contributed by atoms with Gasteiger partial charge in [0.25, 0.3) is 5.91 Å². The SMILES string of the molecule is C/C(=N\NC(=O)c1ccc(C)c(C)c1)c1ccc(Cl)s1. The largest absolute Gasteiger partial charge is 0.271 e. The molecule has 0 aliphatic carbocycles. The van der Waals surface area contributed by atoms with Crippen molar-refractivity contribution in [1.29, 1.82) is 0 Å². The molecule has 0 radical (unpaired) electrons. The van der Waals surface area contributed by atoms with Crippen LogP contribution in [0.4, 0.5) is 0 Å². The smallest absolute Gasteiger partial charge is 0.267 e. The summed E-state index contributed by atoms with van der Waals surface area (Å²) in [5.41, 5.74) is 6.15. The third kappa shape index (κ3) is 3.46. The Labute approximate surface area is 127 Å². The monoisotopic (exact) mass is 306 g/mol. The van der Waals surface area contributed by atoms with Crippen LogP contribution < -0.4 is 5.43 Å². The molecule has 0 bridgehead atoms. The van der Waals surface area contributed by atoms with Gasteiger partial charge in [0.1, 0.15) is 0 Å². The Kier molecular flexibility index (Phi) is 4.57. The van der Waals surface area contributed by atoms with Gasteiger partial charge < -0.3 is 0 Å². The Hall–Kier alpha value is -1.65. The second-order valence-electron chi connectivity index (χ2n) is 4.54. The molecule has 0 spiro atoms. The van der Waals surface area contributed by atoms with Crippen molar-refractivity contribution in [2.45, 2.75) is 20.8 Å². The molecule has 0 saturated carbocycles. The van der Waals surface area contributed by atoms with E-state index in [1.807, 2.05) is 45.0 Å². The van der Waals surface area contributed by atoms with Crippen molar-refractivity contribution >= 4 is 34.6 Å². The number of rotatable bonds is 3. The number of benzene rings is 1. The first kappa shape index (κ1) is 14.8. The summed E-state index contributed by atoms with van der Waals surface area (Å²) in [6.45, 7) is 5.83. The molecular formula is C15H15ClN2OS. The minimum absolute atomic E-state index is 0.213. The van der Waals surface area contributed by atoms with Crippen molar-refractivity contribution in [3.05, 3.63) is 56.2 Å². The molecule has 0 unspecified atom stereocenters. The zero-order valence-corrected chi connectivity index (χ0v) is 13.1. The Morgan fingerprint density at radius 1 is 1.20 bits per heavy atom. The minimum Gasteiger partial charge on any atom is -0.267 e. The van der Waals surface area contributed by atoms with Gasteiger partial charge in [-0.15, -0.1) is 11.3 Å². The normalized spacial score (nSPS) is 11.5. The van der Waals surface area contributed by atoms with Crippen molar-refractivity contribution < 1.29 is 4.79 Å². The summed E-state index contributed by atoms with van der Waals surface area (Å²) in [5.74, 6) is -0.213. The van der Waals surface area contributed by atoms with Crippen molar-refractivity contribution in [2.24, 2.45) is 5.10 Å². The number of thiophene rings is 1. The van der Waals surface area contributed by atoms with E-state index >= 15 is 0 Å². The first-order valence-corrected chi connectivity index (χ1v) is 7.34. The lowest BCUT2D eigenvalue weighted by atomic mass is 10.1. The Bertz CT molecular complexity index is 676. The number of amides is 1. The first-order chi connectivity index (χ1) is 9.47. The van der Waals surface area contributed by atoms with Crippen LogP contribution in [0.5, 0.6) is 0 Å². The summed E-state index contributed by atoms with van der Waals surface area (Å²) in [6.07, 6.45) is 0. The van der Waals surface area contributed by atoms with Crippen LogP contribution in [0, 0.1) is 13.8 Å². The zero-order valence-electron chi connectivity index (χ0n) is 11.5. The third-order valence-corrected chi connectivity index (χ3v) is 4.36. The van der Waals surface area contributed by atoms with Crippen molar-refractivity contribution in [3.63, 3.8) is 0 Å². The standard InChI is InChI=1S/C15H15ClN2OS/c1-9-4-5-12(8-10(9)2)15(19)18-17-11(3)13-6-7-14(16)20-13/h4-8H,1-3H3,(H,18,19)/b17-11+. The fraction of sp³-hybridized carbons (Fsp3) is 0.200. The van der Waals surface area contributed by atoms with E-state index in [4.69, 9.17) is 11.6 Å².